The number of hydrogen-bond acceptors (Lipinski definition) is 3. The highest BCUT2D eigenvalue weighted by atomic mass is 35.5. The number of primary amides is 1. The number of carbonyl (C=O) groups is 3. The van der Waals surface area contributed by atoms with E-state index >= 15 is 0 Å². The lowest BCUT2D eigenvalue weighted by Gasteiger charge is -2.13. The summed E-state index contributed by atoms with van der Waals surface area (Å²) in [6, 6.07) is 8.98. The molecule has 0 fully saturated rings. The van der Waals surface area contributed by atoms with E-state index in [2.05, 4.69) is 15.6 Å². The van der Waals surface area contributed by atoms with Gasteiger partial charge in [-0.15, -0.1) is 0 Å². The molecule has 3 amide bonds. The Hall–Kier alpha value is -3.49. The van der Waals surface area contributed by atoms with Gasteiger partial charge in [0, 0.05) is 33.3 Å². The molecule has 6 N–H and O–H groups in total. The molecular formula is C21H18Cl2N4O4. The molecule has 1 aromatic heterocycles. The zero-order valence-electron chi connectivity index (χ0n) is 16.2. The Morgan fingerprint density at radius 1 is 1.16 bits per heavy atom. The first-order chi connectivity index (χ1) is 14.7. The fraction of sp³-hybridized carbons (Fsp3) is 0.0952. The van der Waals surface area contributed by atoms with Crippen LogP contribution in [0.1, 0.15) is 34.6 Å². The van der Waals surface area contributed by atoms with Gasteiger partial charge in [-0.05, 0) is 42.8 Å². The number of nitrogens with one attached hydrogen (secondary N) is 3. The quantitative estimate of drug-likeness (QED) is 0.344. The second-order valence-corrected chi connectivity index (χ2v) is 7.55. The number of carboxylic acids is 1. The summed E-state index contributed by atoms with van der Waals surface area (Å²) in [5, 5.41) is 15.8. The minimum Gasteiger partial charge on any atom is -0.477 e. The number of carbonyl (C=O) groups excluding carboxylic acids is 2. The molecule has 1 heterocycles. The summed E-state index contributed by atoms with van der Waals surface area (Å²) in [5.74, 6) is -1.66. The van der Waals surface area contributed by atoms with Crippen LogP contribution in [0.15, 0.2) is 42.5 Å². The van der Waals surface area contributed by atoms with Gasteiger partial charge < -0.3 is 26.5 Å². The minimum atomic E-state index is -1.20. The number of nitrogens with two attached hydrogens (primary N) is 1. The third-order valence-electron chi connectivity index (χ3n) is 4.51. The predicted molar refractivity (Wildman–Crippen MR) is 121 cm³/mol. The zero-order valence-corrected chi connectivity index (χ0v) is 17.7. The lowest BCUT2D eigenvalue weighted by atomic mass is 10.1. The second-order valence-electron chi connectivity index (χ2n) is 6.70. The maximum atomic E-state index is 12.3. The number of rotatable bonds is 6. The van der Waals surface area contributed by atoms with Crippen molar-refractivity contribution in [3.8, 4) is 0 Å². The Bertz CT molecular complexity index is 1200. The van der Waals surface area contributed by atoms with E-state index in [0.717, 1.165) is 5.56 Å². The summed E-state index contributed by atoms with van der Waals surface area (Å²) < 4.78 is 0. The van der Waals surface area contributed by atoms with Crippen LogP contribution >= 0.6 is 23.2 Å². The molecule has 3 aromatic rings. The number of aromatic carboxylic acids is 1. The highest BCUT2D eigenvalue weighted by molar-refractivity contribution is 6.39. The highest BCUT2D eigenvalue weighted by Crippen LogP contribution is 2.33. The average molecular weight is 461 g/mol. The van der Waals surface area contributed by atoms with E-state index in [4.69, 9.17) is 28.9 Å². The van der Waals surface area contributed by atoms with Crippen LogP contribution in [0.2, 0.25) is 10.0 Å². The number of anilines is 1. The van der Waals surface area contributed by atoms with Gasteiger partial charge >= 0.3 is 12.0 Å². The molecule has 0 aliphatic rings. The zero-order chi connectivity index (χ0) is 22.7. The monoisotopic (exact) mass is 460 g/mol. The van der Waals surface area contributed by atoms with Crippen LogP contribution in [0.3, 0.4) is 0 Å². The summed E-state index contributed by atoms with van der Waals surface area (Å²) in [6.07, 6.45) is 2.59. The van der Waals surface area contributed by atoms with Gasteiger partial charge in [-0.1, -0.05) is 35.3 Å². The molecular weight excluding hydrogens is 443 g/mol. The van der Waals surface area contributed by atoms with Crippen LogP contribution in [-0.2, 0) is 4.79 Å². The van der Waals surface area contributed by atoms with Crippen molar-refractivity contribution in [2.75, 3.05) is 5.32 Å². The lowest BCUT2D eigenvalue weighted by molar-refractivity contribution is -0.111. The number of hydrogen-bond donors (Lipinski definition) is 5. The van der Waals surface area contributed by atoms with Crippen molar-refractivity contribution in [1.82, 2.24) is 10.3 Å². The topological polar surface area (TPSA) is 137 Å². The Morgan fingerprint density at radius 2 is 1.84 bits per heavy atom. The third kappa shape index (κ3) is 5.17. The van der Waals surface area contributed by atoms with Crippen LogP contribution in [0.5, 0.6) is 0 Å². The first-order valence-electron chi connectivity index (χ1n) is 9.04. The molecule has 0 saturated heterocycles. The second kappa shape index (κ2) is 9.11. The van der Waals surface area contributed by atoms with Gasteiger partial charge in [-0.3, -0.25) is 4.79 Å². The molecule has 31 heavy (non-hydrogen) atoms. The number of benzene rings is 2. The van der Waals surface area contributed by atoms with E-state index in [0.29, 0.717) is 21.6 Å². The fourth-order valence-electron chi connectivity index (χ4n) is 3.10. The summed E-state index contributed by atoms with van der Waals surface area (Å²) in [6.45, 7) is 1.78. The van der Waals surface area contributed by atoms with Gasteiger partial charge in [0.15, 0.2) is 0 Å². The number of amides is 3. The normalized spacial score (nSPS) is 12.1. The molecule has 1 atom stereocenters. The number of aromatic nitrogens is 1. The van der Waals surface area contributed by atoms with Gasteiger partial charge in [-0.25, -0.2) is 9.59 Å². The van der Waals surface area contributed by atoms with E-state index in [-0.39, 0.29) is 22.3 Å². The lowest BCUT2D eigenvalue weighted by Crippen LogP contribution is -2.31. The van der Waals surface area contributed by atoms with Gasteiger partial charge in [0.1, 0.15) is 5.69 Å². The Labute approximate surface area is 187 Å². The number of aromatic amines is 1. The van der Waals surface area contributed by atoms with Gasteiger partial charge in [0.05, 0.1) is 11.1 Å². The molecule has 3 rings (SSSR count). The molecule has 0 aliphatic heterocycles. The number of carboxylic acid groups (broad SMARTS) is 1. The average Bonchev–Trinajstić information content (AvgIpc) is 3.05. The van der Waals surface area contributed by atoms with Crippen molar-refractivity contribution < 1.29 is 19.5 Å². The van der Waals surface area contributed by atoms with Crippen LogP contribution < -0.4 is 16.4 Å². The van der Waals surface area contributed by atoms with E-state index in [1.165, 1.54) is 18.2 Å². The summed E-state index contributed by atoms with van der Waals surface area (Å²) in [5.41, 5.74) is 7.05. The van der Waals surface area contributed by atoms with Crippen LogP contribution in [0, 0.1) is 0 Å². The summed E-state index contributed by atoms with van der Waals surface area (Å²) in [7, 11) is 0. The first kappa shape index (κ1) is 22.2. The molecule has 0 radical (unpaired) electrons. The first-order valence-corrected chi connectivity index (χ1v) is 9.80. The Balaban J connectivity index is 1.80. The van der Waals surface area contributed by atoms with Crippen molar-refractivity contribution in [3.63, 3.8) is 0 Å². The van der Waals surface area contributed by atoms with Crippen LogP contribution in [0.25, 0.3) is 17.0 Å². The molecule has 2 aromatic carbocycles. The number of H-pyrrole nitrogens is 1. The van der Waals surface area contributed by atoms with Crippen molar-refractivity contribution in [3.05, 3.63) is 69.3 Å². The predicted octanol–water partition coefficient (Wildman–Crippen LogP) is 4.55. The highest BCUT2D eigenvalue weighted by Gasteiger charge is 2.18. The fourth-order valence-corrected chi connectivity index (χ4v) is 3.70. The number of fused-ring (bicyclic) bond motifs is 1. The maximum absolute atomic E-state index is 12.3. The van der Waals surface area contributed by atoms with Crippen molar-refractivity contribution in [2.24, 2.45) is 5.73 Å². The molecule has 0 aliphatic carbocycles. The number of urea groups is 1. The van der Waals surface area contributed by atoms with E-state index < -0.39 is 17.9 Å². The van der Waals surface area contributed by atoms with Gasteiger partial charge in [0.25, 0.3) is 0 Å². The standard InChI is InChI=1S/C21H18Cl2N4O4/c1-10(25-21(24)31)11-2-4-13(5-3-11)26-17(28)7-6-14-18-15(23)8-12(22)9-16(18)27-19(14)20(29)30/h2-10,27H,1H3,(H,26,28)(H,29,30)(H3,24,25,31)/b7-6+/t10-/m0/s1. The largest absolute Gasteiger partial charge is 0.477 e. The van der Waals surface area contributed by atoms with Crippen LogP contribution in [0.4, 0.5) is 10.5 Å². The molecule has 8 nitrogen and oxygen atoms in total. The molecule has 0 unspecified atom stereocenters. The maximum Gasteiger partial charge on any atom is 0.352 e. The summed E-state index contributed by atoms with van der Waals surface area (Å²) in [4.78, 5) is 37.6. The molecule has 0 saturated carbocycles. The van der Waals surface area contributed by atoms with Crippen LogP contribution in [-0.4, -0.2) is 28.0 Å². The van der Waals surface area contributed by atoms with Crippen molar-refractivity contribution in [2.45, 2.75) is 13.0 Å². The summed E-state index contributed by atoms with van der Waals surface area (Å²) >= 11 is 12.2. The third-order valence-corrected chi connectivity index (χ3v) is 5.02. The SMILES string of the molecule is C[C@H](NC(N)=O)c1ccc(NC(=O)/C=C/c2c(C(=O)O)[nH]c3cc(Cl)cc(Cl)c23)cc1. The smallest absolute Gasteiger partial charge is 0.352 e. The molecule has 0 spiro atoms. The van der Waals surface area contributed by atoms with E-state index in [1.807, 2.05) is 0 Å². The molecule has 160 valence electrons. The van der Waals surface area contributed by atoms with Crippen molar-refractivity contribution in [1.29, 1.82) is 0 Å². The van der Waals surface area contributed by atoms with Crippen molar-refractivity contribution >= 4 is 63.8 Å². The van der Waals surface area contributed by atoms with E-state index in [1.54, 1.807) is 37.3 Å². The molecule has 10 heteroatoms. The number of halogens is 2. The Kier molecular flexibility index (Phi) is 6.53. The van der Waals surface area contributed by atoms with E-state index in [9.17, 15) is 19.5 Å². The van der Waals surface area contributed by atoms with Gasteiger partial charge in [-0.2, -0.15) is 0 Å². The Morgan fingerprint density at radius 3 is 2.45 bits per heavy atom. The van der Waals surface area contributed by atoms with Gasteiger partial charge in [0.2, 0.25) is 5.91 Å². The minimum absolute atomic E-state index is 0.108. The molecule has 0 bridgehead atoms.